The summed E-state index contributed by atoms with van der Waals surface area (Å²) in [4.78, 5) is 24.9. The molecule has 6 heteroatoms. The molecule has 1 saturated carbocycles. The number of nitrogens with one attached hydrogen (secondary N) is 1. The molecule has 0 bridgehead atoms. The molecule has 136 valence electrons. The van der Waals surface area contributed by atoms with Crippen molar-refractivity contribution in [3.63, 3.8) is 0 Å². The first kappa shape index (κ1) is 18.2. The number of carboxylic acids is 1. The van der Waals surface area contributed by atoms with Gasteiger partial charge in [-0.1, -0.05) is 36.6 Å². The van der Waals surface area contributed by atoms with Crippen LogP contribution in [0.2, 0.25) is 5.02 Å². The summed E-state index contributed by atoms with van der Waals surface area (Å²) in [6.07, 6.45) is 4.41. The largest absolute Gasteiger partial charge is 0.481 e. The molecule has 0 unspecified atom stereocenters. The van der Waals surface area contributed by atoms with Crippen LogP contribution in [0.15, 0.2) is 24.3 Å². The molecule has 1 aliphatic heterocycles. The number of aliphatic carboxylic acids is 1. The van der Waals surface area contributed by atoms with Crippen molar-refractivity contribution in [3.05, 3.63) is 34.9 Å². The van der Waals surface area contributed by atoms with E-state index in [1.54, 1.807) is 12.1 Å². The van der Waals surface area contributed by atoms with Crippen molar-refractivity contribution < 1.29 is 19.4 Å². The van der Waals surface area contributed by atoms with E-state index in [4.69, 9.17) is 16.3 Å². The van der Waals surface area contributed by atoms with E-state index in [9.17, 15) is 14.7 Å². The standard InChI is InChI=1S/C19H24ClNO4/c20-15-5-3-14(4-6-15)19(7-1-2-8-19)16(22)21-13-18(17(23)24)9-11-25-12-10-18/h3-6H,1-2,7-13H2,(H,21,22)(H,23,24). The fraction of sp³-hybridized carbons (Fsp3) is 0.579. The second-order valence-corrected chi connectivity index (χ2v) is 7.61. The maximum Gasteiger partial charge on any atom is 0.311 e. The topological polar surface area (TPSA) is 75.6 Å². The normalized spacial score (nSPS) is 21.6. The molecule has 2 N–H and O–H groups in total. The molecule has 1 saturated heterocycles. The van der Waals surface area contributed by atoms with Crippen molar-refractivity contribution in [3.8, 4) is 0 Å². The smallest absolute Gasteiger partial charge is 0.311 e. The maximum atomic E-state index is 13.1. The van der Waals surface area contributed by atoms with Crippen LogP contribution in [0.3, 0.4) is 0 Å². The summed E-state index contributed by atoms with van der Waals surface area (Å²) in [6, 6.07) is 7.44. The van der Waals surface area contributed by atoms with Gasteiger partial charge in [0.2, 0.25) is 5.91 Å². The summed E-state index contributed by atoms with van der Waals surface area (Å²) in [6.45, 7) is 0.995. The number of carbonyl (C=O) groups excluding carboxylic acids is 1. The van der Waals surface area contributed by atoms with Gasteiger partial charge in [-0.3, -0.25) is 9.59 Å². The number of amides is 1. The van der Waals surface area contributed by atoms with E-state index in [2.05, 4.69) is 5.32 Å². The lowest BCUT2D eigenvalue weighted by molar-refractivity contribution is -0.154. The second kappa shape index (κ2) is 7.34. The Balaban J connectivity index is 1.77. The van der Waals surface area contributed by atoms with Gasteiger partial charge in [0.1, 0.15) is 0 Å². The Morgan fingerprint density at radius 2 is 1.68 bits per heavy atom. The highest BCUT2D eigenvalue weighted by Gasteiger charge is 2.45. The Labute approximate surface area is 152 Å². The first-order chi connectivity index (χ1) is 12.0. The molecule has 2 fully saturated rings. The van der Waals surface area contributed by atoms with Crippen LogP contribution in [-0.2, 0) is 19.7 Å². The molecule has 1 amide bonds. The van der Waals surface area contributed by atoms with E-state index >= 15 is 0 Å². The number of carboxylic acid groups (broad SMARTS) is 1. The van der Waals surface area contributed by atoms with Gasteiger partial charge in [0.05, 0.1) is 10.8 Å². The van der Waals surface area contributed by atoms with Crippen molar-refractivity contribution >= 4 is 23.5 Å². The molecule has 1 aliphatic carbocycles. The summed E-state index contributed by atoms with van der Waals surface area (Å²) in [5, 5.41) is 13.3. The zero-order valence-electron chi connectivity index (χ0n) is 14.2. The molecule has 0 radical (unpaired) electrons. The predicted octanol–water partition coefficient (Wildman–Crippen LogP) is 3.15. The molecule has 0 spiro atoms. The molecular weight excluding hydrogens is 342 g/mol. The van der Waals surface area contributed by atoms with Crippen LogP contribution in [-0.4, -0.2) is 36.7 Å². The fourth-order valence-corrected chi connectivity index (χ4v) is 4.17. The third-order valence-electron chi connectivity index (χ3n) is 5.78. The fourth-order valence-electron chi connectivity index (χ4n) is 4.04. The van der Waals surface area contributed by atoms with Crippen LogP contribution in [0.25, 0.3) is 0 Å². The van der Waals surface area contributed by atoms with Crippen LogP contribution in [0.4, 0.5) is 0 Å². The summed E-state index contributed by atoms with van der Waals surface area (Å²) < 4.78 is 5.29. The van der Waals surface area contributed by atoms with Gasteiger partial charge in [0.25, 0.3) is 0 Å². The molecule has 1 heterocycles. The lowest BCUT2D eigenvalue weighted by Gasteiger charge is -2.35. The first-order valence-corrected chi connectivity index (χ1v) is 9.22. The number of carbonyl (C=O) groups is 2. The van der Waals surface area contributed by atoms with Crippen molar-refractivity contribution in [2.24, 2.45) is 5.41 Å². The predicted molar refractivity (Wildman–Crippen MR) is 94.7 cm³/mol. The van der Waals surface area contributed by atoms with Gasteiger partial charge in [-0.15, -0.1) is 0 Å². The van der Waals surface area contributed by atoms with Crippen molar-refractivity contribution in [2.45, 2.75) is 43.9 Å². The van der Waals surface area contributed by atoms with Gasteiger partial charge < -0.3 is 15.2 Å². The lowest BCUT2D eigenvalue weighted by atomic mass is 9.76. The van der Waals surface area contributed by atoms with Gasteiger partial charge in [-0.05, 0) is 43.4 Å². The van der Waals surface area contributed by atoms with E-state index < -0.39 is 16.8 Å². The zero-order chi connectivity index (χ0) is 17.9. The average molecular weight is 366 g/mol. The molecule has 1 aromatic rings. The van der Waals surface area contributed by atoms with Crippen molar-refractivity contribution in [1.29, 1.82) is 0 Å². The van der Waals surface area contributed by atoms with Crippen LogP contribution in [0.1, 0.15) is 44.1 Å². The van der Waals surface area contributed by atoms with Gasteiger partial charge in [0, 0.05) is 24.8 Å². The summed E-state index contributed by atoms with van der Waals surface area (Å²) in [5.74, 6) is -0.928. The highest BCUT2D eigenvalue weighted by Crippen LogP contribution is 2.42. The van der Waals surface area contributed by atoms with Crippen LogP contribution in [0.5, 0.6) is 0 Å². The maximum absolute atomic E-state index is 13.1. The Morgan fingerprint density at radius 3 is 2.24 bits per heavy atom. The van der Waals surface area contributed by atoms with Crippen LogP contribution < -0.4 is 5.32 Å². The molecule has 0 aromatic heterocycles. The van der Waals surface area contributed by atoms with E-state index in [0.29, 0.717) is 31.1 Å². The van der Waals surface area contributed by atoms with Crippen molar-refractivity contribution in [1.82, 2.24) is 5.32 Å². The summed E-state index contributed by atoms with van der Waals surface area (Å²) >= 11 is 5.98. The highest BCUT2D eigenvalue weighted by molar-refractivity contribution is 6.30. The Morgan fingerprint density at radius 1 is 1.08 bits per heavy atom. The minimum Gasteiger partial charge on any atom is -0.481 e. The number of rotatable bonds is 5. The molecule has 5 nitrogen and oxygen atoms in total. The number of benzene rings is 1. The van der Waals surface area contributed by atoms with Crippen LogP contribution >= 0.6 is 11.6 Å². The Bertz CT molecular complexity index is 631. The van der Waals surface area contributed by atoms with Gasteiger partial charge >= 0.3 is 5.97 Å². The Kier molecular flexibility index (Phi) is 5.35. The second-order valence-electron chi connectivity index (χ2n) is 7.18. The third kappa shape index (κ3) is 3.53. The third-order valence-corrected chi connectivity index (χ3v) is 6.03. The van der Waals surface area contributed by atoms with Gasteiger partial charge in [-0.2, -0.15) is 0 Å². The van der Waals surface area contributed by atoms with E-state index in [1.165, 1.54) is 0 Å². The quantitative estimate of drug-likeness (QED) is 0.840. The van der Waals surface area contributed by atoms with Gasteiger partial charge in [0.15, 0.2) is 0 Å². The highest BCUT2D eigenvalue weighted by atomic mass is 35.5. The molecule has 0 atom stereocenters. The minimum absolute atomic E-state index is 0.0700. The molecular formula is C19H24ClNO4. The van der Waals surface area contributed by atoms with E-state index in [-0.39, 0.29) is 12.5 Å². The first-order valence-electron chi connectivity index (χ1n) is 8.84. The van der Waals surface area contributed by atoms with Crippen LogP contribution in [0, 0.1) is 5.41 Å². The molecule has 1 aromatic carbocycles. The Hall–Kier alpha value is -1.59. The summed E-state index contributed by atoms with van der Waals surface area (Å²) in [7, 11) is 0. The minimum atomic E-state index is -0.923. The number of ether oxygens (including phenoxy) is 1. The molecule has 3 rings (SSSR count). The molecule has 2 aliphatic rings. The number of hydrogen-bond acceptors (Lipinski definition) is 3. The van der Waals surface area contributed by atoms with Gasteiger partial charge in [-0.25, -0.2) is 0 Å². The monoisotopic (exact) mass is 365 g/mol. The van der Waals surface area contributed by atoms with E-state index in [1.807, 2.05) is 12.1 Å². The average Bonchev–Trinajstić information content (AvgIpc) is 3.12. The van der Waals surface area contributed by atoms with E-state index in [0.717, 1.165) is 31.2 Å². The molecule has 25 heavy (non-hydrogen) atoms. The lowest BCUT2D eigenvalue weighted by Crippen LogP contribution is -2.50. The summed E-state index contributed by atoms with van der Waals surface area (Å²) in [5.41, 5.74) is -0.536. The SMILES string of the molecule is O=C(O)C1(CNC(=O)C2(c3ccc(Cl)cc3)CCCC2)CCOCC1. The number of halogens is 1. The number of hydrogen-bond donors (Lipinski definition) is 2. The zero-order valence-corrected chi connectivity index (χ0v) is 15.0. The van der Waals surface area contributed by atoms with Crippen molar-refractivity contribution in [2.75, 3.05) is 19.8 Å².